The van der Waals surface area contributed by atoms with Crippen LogP contribution in [0.4, 0.5) is 0 Å². The summed E-state index contributed by atoms with van der Waals surface area (Å²) in [6.45, 7) is 4.26. The van der Waals surface area contributed by atoms with Gasteiger partial charge in [-0.15, -0.1) is 0 Å². The van der Waals surface area contributed by atoms with Gasteiger partial charge in [0.25, 0.3) is 11.5 Å². The molecule has 2 aromatic rings. The molecule has 1 aromatic carbocycles. The molecule has 0 fully saturated rings. The highest BCUT2D eigenvalue weighted by Gasteiger charge is 2.16. The maximum atomic E-state index is 12.1. The molecule has 1 heterocycles. The third-order valence-electron chi connectivity index (χ3n) is 3.44. The number of amides is 1. The molecule has 2 rings (SSSR count). The largest absolute Gasteiger partial charge is 0.493 e. The molecule has 1 atom stereocenters. The first-order chi connectivity index (χ1) is 11.5. The first kappa shape index (κ1) is 17.5. The Morgan fingerprint density at radius 2 is 2.12 bits per heavy atom. The minimum atomic E-state index is -0.688. The third-order valence-corrected chi connectivity index (χ3v) is 3.44. The lowest BCUT2D eigenvalue weighted by molar-refractivity contribution is -0.127. The first-order valence-electron chi connectivity index (χ1n) is 7.60. The topological polar surface area (TPSA) is 82.4 Å². The number of hydrogen-bond donors (Lipinski definition) is 1. The zero-order valence-electron chi connectivity index (χ0n) is 14.0. The molecule has 1 N–H and O–H groups in total. The number of carbonyl (C=O) groups excluding carboxylic acids is 1. The Bertz CT molecular complexity index is 757. The summed E-state index contributed by atoms with van der Waals surface area (Å²) in [6.07, 6.45) is 2.18. The lowest BCUT2D eigenvalue weighted by Crippen LogP contribution is -2.38. The Morgan fingerprint density at radius 3 is 2.83 bits per heavy atom. The molecule has 128 valence electrons. The minimum absolute atomic E-state index is 0.159. The number of ether oxygens (including phenoxy) is 2. The summed E-state index contributed by atoms with van der Waals surface area (Å²) in [5.74, 6) is 0.820. The highest BCUT2D eigenvalue weighted by molar-refractivity contribution is 5.80. The summed E-state index contributed by atoms with van der Waals surface area (Å²) in [5.41, 5.74) is 0.881. The van der Waals surface area contributed by atoms with Gasteiger partial charge < -0.3 is 14.8 Å². The molecule has 0 aliphatic carbocycles. The molecule has 1 aromatic heterocycles. The minimum Gasteiger partial charge on any atom is -0.493 e. The van der Waals surface area contributed by atoms with Gasteiger partial charge in [0.05, 0.1) is 13.4 Å². The van der Waals surface area contributed by atoms with Crippen LogP contribution in [0, 0.1) is 6.92 Å². The summed E-state index contributed by atoms with van der Waals surface area (Å²) in [5, 5.41) is 2.73. The predicted octanol–water partition coefficient (Wildman–Crippen LogP) is 1.14. The van der Waals surface area contributed by atoms with Crippen LogP contribution in [0.3, 0.4) is 0 Å². The van der Waals surface area contributed by atoms with Crippen molar-refractivity contribution in [3.05, 3.63) is 52.7 Å². The Labute approximate surface area is 140 Å². The van der Waals surface area contributed by atoms with E-state index in [9.17, 15) is 9.59 Å². The molecule has 0 saturated carbocycles. The smallest absolute Gasteiger partial charge is 0.260 e. The maximum absolute atomic E-state index is 12.1. The SMILES string of the molecule is COc1cc(C)ccc1OC(C)C(=O)NCCn1cnccc1=O. The summed E-state index contributed by atoms with van der Waals surface area (Å²) >= 11 is 0. The Morgan fingerprint density at radius 1 is 1.33 bits per heavy atom. The van der Waals surface area contributed by atoms with Crippen molar-refractivity contribution >= 4 is 5.91 Å². The Kier molecular flexibility index (Phi) is 5.95. The Balaban J connectivity index is 1.88. The van der Waals surface area contributed by atoms with Crippen LogP contribution < -0.4 is 20.3 Å². The van der Waals surface area contributed by atoms with Crippen molar-refractivity contribution in [1.29, 1.82) is 0 Å². The van der Waals surface area contributed by atoms with Crippen LogP contribution >= 0.6 is 0 Å². The predicted molar refractivity (Wildman–Crippen MR) is 89.3 cm³/mol. The van der Waals surface area contributed by atoms with Gasteiger partial charge in [0.2, 0.25) is 0 Å². The molecular weight excluding hydrogens is 310 g/mol. The standard InChI is InChI=1S/C17H21N3O4/c1-12-4-5-14(15(10-12)23-3)24-13(2)17(22)19-8-9-20-11-18-7-6-16(20)21/h4-7,10-11,13H,8-9H2,1-3H3,(H,19,22). The molecular formula is C17H21N3O4. The molecule has 0 aliphatic rings. The fourth-order valence-electron chi connectivity index (χ4n) is 2.11. The van der Waals surface area contributed by atoms with E-state index in [1.807, 2.05) is 19.1 Å². The third kappa shape index (κ3) is 4.58. The van der Waals surface area contributed by atoms with Crippen LogP contribution in [-0.2, 0) is 11.3 Å². The van der Waals surface area contributed by atoms with E-state index in [1.165, 1.54) is 23.2 Å². The second-order valence-corrected chi connectivity index (χ2v) is 5.32. The number of carbonyl (C=O) groups is 1. The number of aryl methyl sites for hydroxylation is 1. The van der Waals surface area contributed by atoms with Gasteiger partial charge >= 0.3 is 0 Å². The number of rotatable bonds is 7. The van der Waals surface area contributed by atoms with E-state index >= 15 is 0 Å². The fourth-order valence-corrected chi connectivity index (χ4v) is 2.11. The lowest BCUT2D eigenvalue weighted by Gasteiger charge is -2.17. The van der Waals surface area contributed by atoms with Gasteiger partial charge in [-0.2, -0.15) is 0 Å². The lowest BCUT2D eigenvalue weighted by atomic mass is 10.2. The van der Waals surface area contributed by atoms with Crippen molar-refractivity contribution in [2.45, 2.75) is 26.5 Å². The normalized spacial score (nSPS) is 11.6. The summed E-state index contributed by atoms with van der Waals surface area (Å²) in [6, 6.07) is 6.87. The van der Waals surface area contributed by atoms with Crippen molar-refractivity contribution in [2.24, 2.45) is 0 Å². The number of nitrogens with zero attached hydrogens (tertiary/aromatic N) is 2. The van der Waals surface area contributed by atoms with Crippen molar-refractivity contribution in [2.75, 3.05) is 13.7 Å². The van der Waals surface area contributed by atoms with Crippen LogP contribution in [0.25, 0.3) is 0 Å². The zero-order chi connectivity index (χ0) is 17.5. The van der Waals surface area contributed by atoms with E-state index in [2.05, 4.69) is 10.3 Å². The van der Waals surface area contributed by atoms with E-state index < -0.39 is 6.10 Å². The summed E-state index contributed by atoms with van der Waals surface area (Å²) in [7, 11) is 1.55. The van der Waals surface area contributed by atoms with Crippen LogP contribution in [0.15, 0.2) is 41.6 Å². The van der Waals surface area contributed by atoms with Crippen LogP contribution in [0.1, 0.15) is 12.5 Å². The van der Waals surface area contributed by atoms with Gasteiger partial charge in [0, 0.05) is 25.4 Å². The molecule has 0 aliphatic heterocycles. The summed E-state index contributed by atoms with van der Waals surface area (Å²) < 4.78 is 12.3. The van der Waals surface area contributed by atoms with E-state index in [0.717, 1.165) is 5.56 Å². The molecule has 0 saturated heterocycles. The quantitative estimate of drug-likeness (QED) is 0.823. The van der Waals surface area contributed by atoms with Crippen molar-refractivity contribution in [3.8, 4) is 11.5 Å². The fraction of sp³-hybridized carbons (Fsp3) is 0.353. The van der Waals surface area contributed by atoms with Crippen LogP contribution in [0.2, 0.25) is 0 Å². The van der Waals surface area contributed by atoms with Gasteiger partial charge in [-0.25, -0.2) is 4.98 Å². The van der Waals surface area contributed by atoms with Gasteiger partial charge in [-0.3, -0.25) is 14.2 Å². The highest BCUT2D eigenvalue weighted by atomic mass is 16.5. The molecule has 0 radical (unpaired) electrons. The van der Waals surface area contributed by atoms with E-state index in [-0.39, 0.29) is 11.5 Å². The number of benzene rings is 1. The number of hydrogen-bond acceptors (Lipinski definition) is 5. The molecule has 1 amide bonds. The van der Waals surface area contributed by atoms with E-state index in [4.69, 9.17) is 9.47 Å². The van der Waals surface area contributed by atoms with Gasteiger partial charge in [-0.05, 0) is 31.5 Å². The van der Waals surface area contributed by atoms with Crippen molar-refractivity contribution in [1.82, 2.24) is 14.9 Å². The molecule has 7 nitrogen and oxygen atoms in total. The van der Waals surface area contributed by atoms with E-state index in [0.29, 0.717) is 24.6 Å². The van der Waals surface area contributed by atoms with Crippen LogP contribution in [0.5, 0.6) is 11.5 Å². The molecule has 24 heavy (non-hydrogen) atoms. The Hall–Kier alpha value is -2.83. The van der Waals surface area contributed by atoms with Crippen LogP contribution in [-0.4, -0.2) is 35.2 Å². The highest BCUT2D eigenvalue weighted by Crippen LogP contribution is 2.28. The first-order valence-corrected chi connectivity index (χ1v) is 7.60. The maximum Gasteiger partial charge on any atom is 0.260 e. The van der Waals surface area contributed by atoms with E-state index in [1.54, 1.807) is 20.1 Å². The van der Waals surface area contributed by atoms with Crippen molar-refractivity contribution < 1.29 is 14.3 Å². The monoisotopic (exact) mass is 331 g/mol. The average Bonchev–Trinajstić information content (AvgIpc) is 2.57. The number of aromatic nitrogens is 2. The molecule has 0 bridgehead atoms. The number of nitrogens with one attached hydrogen (secondary N) is 1. The van der Waals surface area contributed by atoms with Gasteiger partial charge in [-0.1, -0.05) is 6.07 Å². The second-order valence-electron chi connectivity index (χ2n) is 5.32. The summed E-state index contributed by atoms with van der Waals surface area (Å²) in [4.78, 5) is 27.5. The zero-order valence-corrected chi connectivity index (χ0v) is 14.0. The molecule has 1 unspecified atom stereocenters. The van der Waals surface area contributed by atoms with Gasteiger partial charge in [0.15, 0.2) is 17.6 Å². The van der Waals surface area contributed by atoms with Crippen molar-refractivity contribution in [3.63, 3.8) is 0 Å². The number of methoxy groups -OCH3 is 1. The second kappa shape index (κ2) is 8.14. The molecule has 0 spiro atoms. The molecule has 7 heteroatoms. The van der Waals surface area contributed by atoms with Gasteiger partial charge in [0.1, 0.15) is 0 Å². The average molecular weight is 331 g/mol.